The molecule has 0 aliphatic heterocycles. The van der Waals surface area contributed by atoms with Crippen molar-refractivity contribution in [2.24, 2.45) is 0 Å². The summed E-state index contributed by atoms with van der Waals surface area (Å²) in [5.74, 6) is 1.35. The van der Waals surface area contributed by atoms with Crippen molar-refractivity contribution < 1.29 is 13.9 Å². The first-order valence-corrected chi connectivity index (χ1v) is 8.49. The lowest BCUT2D eigenvalue weighted by molar-refractivity contribution is -0.119. The van der Waals surface area contributed by atoms with Crippen LogP contribution in [0.5, 0.6) is 5.75 Å². The van der Waals surface area contributed by atoms with Crippen molar-refractivity contribution in [3.8, 4) is 5.75 Å². The van der Waals surface area contributed by atoms with Crippen molar-refractivity contribution in [1.82, 2.24) is 15.5 Å². The van der Waals surface area contributed by atoms with E-state index in [1.54, 1.807) is 0 Å². The van der Waals surface area contributed by atoms with Crippen LogP contribution >= 0.6 is 11.8 Å². The molecule has 0 bridgehead atoms. The molecule has 124 valence electrons. The number of nitrogens with one attached hydrogen (secondary N) is 1. The second kappa shape index (κ2) is 8.57. The predicted octanol–water partition coefficient (Wildman–Crippen LogP) is 2.96. The molecule has 1 atom stereocenters. The van der Waals surface area contributed by atoms with E-state index in [4.69, 9.17) is 9.15 Å². The fourth-order valence-electron chi connectivity index (χ4n) is 1.75. The minimum absolute atomic E-state index is 0.0416. The highest BCUT2D eigenvalue weighted by Gasteiger charge is 2.11. The summed E-state index contributed by atoms with van der Waals surface area (Å²) in [5.41, 5.74) is 1.12. The van der Waals surface area contributed by atoms with Gasteiger partial charge in [0.2, 0.25) is 5.91 Å². The van der Waals surface area contributed by atoms with Crippen molar-refractivity contribution in [2.45, 2.75) is 45.1 Å². The van der Waals surface area contributed by atoms with Crippen LogP contribution in [0.25, 0.3) is 0 Å². The Hall–Kier alpha value is -2.02. The topological polar surface area (TPSA) is 77.2 Å². The summed E-state index contributed by atoms with van der Waals surface area (Å²) in [6.07, 6.45) is 0.900. The molecule has 2 rings (SSSR count). The molecule has 1 heterocycles. The van der Waals surface area contributed by atoms with Crippen LogP contribution in [0, 0.1) is 6.92 Å². The molecule has 1 amide bonds. The third kappa shape index (κ3) is 5.94. The summed E-state index contributed by atoms with van der Waals surface area (Å²) in [4.78, 5) is 11.7. The molecule has 0 aliphatic rings. The third-order valence-electron chi connectivity index (χ3n) is 3.15. The van der Waals surface area contributed by atoms with Crippen LogP contribution in [0.3, 0.4) is 0 Å². The number of rotatable bonds is 8. The maximum absolute atomic E-state index is 11.7. The van der Waals surface area contributed by atoms with Gasteiger partial charge in [0.05, 0.1) is 5.75 Å². The van der Waals surface area contributed by atoms with E-state index in [1.807, 2.05) is 45.0 Å². The minimum Gasteiger partial charge on any atom is -0.484 e. The van der Waals surface area contributed by atoms with E-state index in [2.05, 4.69) is 15.5 Å². The zero-order chi connectivity index (χ0) is 16.7. The van der Waals surface area contributed by atoms with Crippen LogP contribution in [-0.2, 0) is 11.4 Å². The molecule has 0 spiro atoms. The van der Waals surface area contributed by atoms with E-state index < -0.39 is 0 Å². The van der Waals surface area contributed by atoms with Gasteiger partial charge < -0.3 is 14.5 Å². The van der Waals surface area contributed by atoms with Gasteiger partial charge in [-0.05, 0) is 38.0 Å². The highest BCUT2D eigenvalue weighted by molar-refractivity contribution is 7.99. The smallest absolute Gasteiger partial charge is 0.277 e. The average molecular weight is 335 g/mol. The Kier molecular flexibility index (Phi) is 6.46. The van der Waals surface area contributed by atoms with Crippen LogP contribution < -0.4 is 10.1 Å². The standard InChI is InChI=1S/C16H21N3O3S/c1-4-12(3)17-14(20)10-23-16-19-18-15(22-16)9-21-13-7-5-6-11(2)8-13/h5-8,12H,4,9-10H2,1-3H3,(H,17,20). The largest absolute Gasteiger partial charge is 0.484 e. The Morgan fingerprint density at radius 1 is 1.43 bits per heavy atom. The molecule has 1 N–H and O–H groups in total. The minimum atomic E-state index is -0.0416. The lowest BCUT2D eigenvalue weighted by Gasteiger charge is -2.09. The zero-order valence-electron chi connectivity index (χ0n) is 13.5. The number of hydrogen-bond acceptors (Lipinski definition) is 6. The SMILES string of the molecule is CCC(C)NC(=O)CSc1nnc(COc2cccc(C)c2)o1. The monoisotopic (exact) mass is 335 g/mol. The van der Waals surface area contributed by atoms with E-state index >= 15 is 0 Å². The molecule has 0 saturated heterocycles. The lowest BCUT2D eigenvalue weighted by Crippen LogP contribution is -2.33. The number of aromatic nitrogens is 2. The maximum Gasteiger partial charge on any atom is 0.277 e. The number of aryl methyl sites for hydroxylation is 1. The molecule has 2 aromatic rings. The van der Waals surface area contributed by atoms with Gasteiger partial charge in [-0.2, -0.15) is 0 Å². The fraction of sp³-hybridized carbons (Fsp3) is 0.438. The molecule has 7 heteroatoms. The van der Waals surface area contributed by atoms with E-state index in [0.717, 1.165) is 17.7 Å². The Labute approximate surface area is 140 Å². The molecule has 23 heavy (non-hydrogen) atoms. The summed E-state index contributed by atoms with van der Waals surface area (Å²) in [5, 5.41) is 11.1. The molecule has 0 radical (unpaired) electrons. The molecule has 0 saturated carbocycles. The fourth-order valence-corrected chi connectivity index (χ4v) is 2.34. The van der Waals surface area contributed by atoms with Crippen molar-refractivity contribution in [3.05, 3.63) is 35.7 Å². The summed E-state index contributed by atoms with van der Waals surface area (Å²) >= 11 is 1.22. The van der Waals surface area contributed by atoms with Gasteiger partial charge in [-0.3, -0.25) is 4.79 Å². The summed E-state index contributed by atoms with van der Waals surface area (Å²) < 4.78 is 11.0. The number of thioether (sulfide) groups is 1. The molecule has 0 fully saturated rings. The quantitative estimate of drug-likeness (QED) is 0.747. The van der Waals surface area contributed by atoms with E-state index in [9.17, 15) is 4.79 Å². The number of carbonyl (C=O) groups excluding carboxylic acids is 1. The molecule has 6 nitrogen and oxygen atoms in total. The first-order valence-electron chi connectivity index (χ1n) is 7.51. The van der Waals surface area contributed by atoms with Crippen LogP contribution in [0.4, 0.5) is 0 Å². The first-order chi connectivity index (χ1) is 11.1. The van der Waals surface area contributed by atoms with Crippen LogP contribution in [0.2, 0.25) is 0 Å². The van der Waals surface area contributed by atoms with Gasteiger partial charge in [-0.15, -0.1) is 10.2 Å². The molecule has 1 aromatic carbocycles. The zero-order valence-corrected chi connectivity index (χ0v) is 14.4. The van der Waals surface area contributed by atoms with Gasteiger partial charge in [-0.1, -0.05) is 30.8 Å². The second-order valence-electron chi connectivity index (χ2n) is 5.23. The van der Waals surface area contributed by atoms with Crippen LogP contribution in [0.1, 0.15) is 31.7 Å². The average Bonchev–Trinajstić information content (AvgIpc) is 2.99. The summed E-state index contributed by atoms with van der Waals surface area (Å²) in [6.45, 7) is 6.20. The molecular formula is C16H21N3O3S. The third-order valence-corrected chi connectivity index (χ3v) is 3.97. The Morgan fingerprint density at radius 3 is 3.00 bits per heavy atom. The molecule has 1 unspecified atom stereocenters. The first kappa shape index (κ1) is 17.3. The Bertz CT molecular complexity index is 645. The number of carbonyl (C=O) groups is 1. The second-order valence-corrected chi connectivity index (χ2v) is 6.16. The Balaban J connectivity index is 1.78. The van der Waals surface area contributed by atoms with E-state index in [1.165, 1.54) is 11.8 Å². The van der Waals surface area contributed by atoms with Crippen LogP contribution in [0.15, 0.2) is 33.9 Å². The van der Waals surface area contributed by atoms with Crippen molar-refractivity contribution in [1.29, 1.82) is 0 Å². The van der Waals surface area contributed by atoms with Crippen molar-refractivity contribution in [3.63, 3.8) is 0 Å². The van der Waals surface area contributed by atoms with Crippen LogP contribution in [-0.4, -0.2) is 27.9 Å². The van der Waals surface area contributed by atoms with E-state index in [0.29, 0.717) is 11.1 Å². The van der Waals surface area contributed by atoms with Gasteiger partial charge in [-0.25, -0.2) is 0 Å². The van der Waals surface area contributed by atoms with Gasteiger partial charge in [0, 0.05) is 6.04 Å². The van der Waals surface area contributed by atoms with Crippen molar-refractivity contribution >= 4 is 17.7 Å². The molecular weight excluding hydrogens is 314 g/mol. The number of benzene rings is 1. The van der Waals surface area contributed by atoms with Gasteiger partial charge in [0.25, 0.3) is 11.1 Å². The van der Waals surface area contributed by atoms with Gasteiger partial charge in [0.15, 0.2) is 6.61 Å². The molecule has 0 aliphatic carbocycles. The maximum atomic E-state index is 11.7. The number of nitrogens with zero attached hydrogens (tertiary/aromatic N) is 2. The Morgan fingerprint density at radius 2 is 2.26 bits per heavy atom. The summed E-state index contributed by atoms with van der Waals surface area (Å²) in [7, 11) is 0. The summed E-state index contributed by atoms with van der Waals surface area (Å²) in [6, 6.07) is 7.90. The highest BCUT2D eigenvalue weighted by atomic mass is 32.2. The lowest BCUT2D eigenvalue weighted by atomic mass is 10.2. The number of hydrogen-bond donors (Lipinski definition) is 1. The highest BCUT2D eigenvalue weighted by Crippen LogP contribution is 2.18. The normalized spacial score (nSPS) is 12.0. The number of amides is 1. The number of ether oxygens (including phenoxy) is 1. The molecule has 1 aromatic heterocycles. The van der Waals surface area contributed by atoms with Gasteiger partial charge >= 0.3 is 0 Å². The predicted molar refractivity (Wildman–Crippen MR) is 88.4 cm³/mol. The van der Waals surface area contributed by atoms with Crippen molar-refractivity contribution in [2.75, 3.05) is 5.75 Å². The van der Waals surface area contributed by atoms with Gasteiger partial charge in [0.1, 0.15) is 5.75 Å². The van der Waals surface area contributed by atoms with E-state index in [-0.39, 0.29) is 24.3 Å².